The van der Waals surface area contributed by atoms with Crippen LogP contribution < -0.4 is 37.2 Å². The molecule has 0 aliphatic rings. The summed E-state index contributed by atoms with van der Waals surface area (Å²) in [6, 6.07) is 43.6. The molecule has 42 heavy (non-hydrogen) atoms. The van der Waals surface area contributed by atoms with Crippen molar-refractivity contribution in [2.45, 2.75) is 13.1 Å². The Morgan fingerprint density at radius 2 is 0.786 bits per heavy atom. The van der Waals surface area contributed by atoms with Crippen LogP contribution in [0.1, 0.15) is 11.1 Å². The molecule has 0 spiro atoms. The Morgan fingerprint density at radius 3 is 1.21 bits per heavy atom. The van der Waals surface area contributed by atoms with Crippen molar-refractivity contribution >= 4 is 22.1 Å². The SMILES string of the molecule is [Cl-].[Cl-].[Cl-].[Co+3].c1ccc(Cn2c(-c3cccc(-c4nc5ccccc5n4Cc4ccccc4)n3)nc3ccccc32)cc1. The van der Waals surface area contributed by atoms with E-state index in [-0.39, 0.29) is 54.0 Å². The first-order valence-corrected chi connectivity index (χ1v) is 12.8. The average molecular weight is 657 g/mol. The molecule has 0 bridgehead atoms. The number of halogens is 3. The molecule has 0 unspecified atom stereocenters. The summed E-state index contributed by atoms with van der Waals surface area (Å²) in [5, 5.41) is 0. The largest absolute Gasteiger partial charge is 3.00 e. The van der Waals surface area contributed by atoms with Crippen molar-refractivity contribution in [3.05, 3.63) is 139 Å². The van der Waals surface area contributed by atoms with Crippen LogP contribution in [0.15, 0.2) is 127 Å². The molecule has 3 heterocycles. The van der Waals surface area contributed by atoms with Crippen LogP contribution in [0.3, 0.4) is 0 Å². The first-order chi connectivity index (χ1) is 18.8. The van der Waals surface area contributed by atoms with Crippen molar-refractivity contribution in [3.63, 3.8) is 0 Å². The first-order valence-electron chi connectivity index (χ1n) is 12.8. The van der Waals surface area contributed by atoms with Gasteiger partial charge in [0.25, 0.3) is 0 Å². The molecule has 7 aromatic rings. The maximum absolute atomic E-state index is 5.14. The molecular weight excluding hydrogens is 632 g/mol. The van der Waals surface area contributed by atoms with Gasteiger partial charge in [0.05, 0.1) is 22.1 Å². The predicted molar refractivity (Wildman–Crippen MR) is 153 cm³/mol. The van der Waals surface area contributed by atoms with Gasteiger partial charge < -0.3 is 46.4 Å². The monoisotopic (exact) mass is 655 g/mol. The van der Waals surface area contributed by atoms with Crippen LogP contribution in [-0.2, 0) is 29.9 Å². The molecule has 0 fully saturated rings. The van der Waals surface area contributed by atoms with Gasteiger partial charge in [0.2, 0.25) is 0 Å². The standard InChI is InChI=1S/C33H25N5.3ClH.Co/c1-3-12-24(13-4-1)22-37-30-20-9-7-16-26(30)35-32(37)28-18-11-19-29(34-28)33-36-27-17-8-10-21-31(27)38(33)23-25-14-5-2-6-15-25;;;;/h1-21H,22-23H2;3*1H;/q;;;;+3/p-3. The van der Waals surface area contributed by atoms with Gasteiger partial charge in [0.1, 0.15) is 11.4 Å². The Balaban J connectivity index is 0.00000121. The van der Waals surface area contributed by atoms with Gasteiger partial charge in [-0.05, 0) is 47.5 Å². The molecule has 0 aliphatic heterocycles. The third-order valence-electron chi connectivity index (χ3n) is 6.88. The summed E-state index contributed by atoms with van der Waals surface area (Å²) >= 11 is 0. The van der Waals surface area contributed by atoms with Crippen LogP contribution in [0.2, 0.25) is 0 Å². The summed E-state index contributed by atoms with van der Waals surface area (Å²) in [5.74, 6) is 1.70. The fraction of sp³-hybridized carbons (Fsp3) is 0.0606. The Labute approximate surface area is 273 Å². The van der Waals surface area contributed by atoms with E-state index < -0.39 is 0 Å². The number of imidazole rings is 2. The summed E-state index contributed by atoms with van der Waals surface area (Å²) in [6.45, 7) is 1.43. The maximum atomic E-state index is 5.14. The number of fused-ring (bicyclic) bond motifs is 2. The molecule has 4 aromatic carbocycles. The van der Waals surface area contributed by atoms with Crippen molar-refractivity contribution in [2.24, 2.45) is 0 Å². The van der Waals surface area contributed by atoms with Crippen molar-refractivity contribution < 1.29 is 54.0 Å². The quantitative estimate of drug-likeness (QED) is 0.213. The van der Waals surface area contributed by atoms with E-state index in [4.69, 9.17) is 15.0 Å². The van der Waals surface area contributed by atoms with E-state index in [0.29, 0.717) is 0 Å². The number of aromatic nitrogens is 5. The van der Waals surface area contributed by atoms with Crippen molar-refractivity contribution in [1.82, 2.24) is 24.1 Å². The minimum atomic E-state index is 0. The zero-order valence-electron chi connectivity index (χ0n) is 22.2. The minimum absolute atomic E-state index is 0. The van der Waals surface area contributed by atoms with Gasteiger partial charge in [-0.3, -0.25) is 0 Å². The van der Waals surface area contributed by atoms with Crippen LogP contribution in [0, 0.1) is 0 Å². The third-order valence-corrected chi connectivity index (χ3v) is 6.88. The second kappa shape index (κ2) is 14.5. The number of benzene rings is 4. The molecule has 7 rings (SSSR count). The second-order valence-corrected chi connectivity index (χ2v) is 9.40. The van der Waals surface area contributed by atoms with Gasteiger partial charge >= 0.3 is 16.8 Å². The molecule has 3 aromatic heterocycles. The van der Waals surface area contributed by atoms with Gasteiger partial charge in [0, 0.05) is 13.1 Å². The van der Waals surface area contributed by atoms with E-state index in [0.717, 1.165) is 58.2 Å². The molecule has 0 saturated heterocycles. The Morgan fingerprint density at radius 1 is 0.405 bits per heavy atom. The molecule has 0 amide bonds. The summed E-state index contributed by atoms with van der Waals surface area (Å²) in [7, 11) is 0. The van der Waals surface area contributed by atoms with Gasteiger partial charge in [-0.25, -0.2) is 15.0 Å². The number of pyridine rings is 1. The van der Waals surface area contributed by atoms with Crippen LogP contribution in [0.4, 0.5) is 0 Å². The van der Waals surface area contributed by atoms with E-state index in [9.17, 15) is 0 Å². The zero-order chi connectivity index (χ0) is 25.3. The smallest absolute Gasteiger partial charge is 1.00 e. The van der Waals surface area contributed by atoms with Crippen molar-refractivity contribution in [2.75, 3.05) is 0 Å². The topological polar surface area (TPSA) is 48.5 Å². The molecule has 5 nitrogen and oxygen atoms in total. The number of rotatable bonds is 6. The van der Waals surface area contributed by atoms with Gasteiger partial charge in [0.15, 0.2) is 11.6 Å². The molecule has 212 valence electrons. The summed E-state index contributed by atoms with van der Waals surface area (Å²) < 4.78 is 4.51. The second-order valence-electron chi connectivity index (χ2n) is 9.40. The van der Waals surface area contributed by atoms with E-state index in [1.807, 2.05) is 36.4 Å². The molecule has 0 N–H and O–H groups in total. The van der Waals surface area contributed by atoms with Crippen LogP contribution in [0.25, 0.3) is 45.1 Å². The van der Waals surface area contributed by atoms with Gasteiger partial charge in [-0.15, -0.1) is 0 Å². The molecule has 0 aliphatic carbocycles. The van der Waals surface area contributed by atoms with Crippen LogP contribution in [0.5, 0.6) is 0 Å². The molecule has 9 heteroatoms. The number of nitrogens with zero attached hydrogens (tertiary/aromatic N) is 5. The minimum Gasteiger partial charge on any atom is -1.00 e. The molecule has 0 atom stereocenters. The normalized spacial score (nSPS) is 10.3. The van der Waals surface area contributed by atoms with Crippen LogP contribution >= 0.6 is 0 Å². The van der Waals surface area contributed by atoms with E-state index in [1.54, 1.807) is 0 Å². The zero-order valence-corrected chi connectivity index (χ0v) is 25.6. The number of hydrogen-bond acceptors (Lipinski definition) is 3. The summed E-state index contributed by atoms with van der Waals surface area (Å²) in [6.07, 6.45) is 0. The number of hydrogen-bond donors (Lipinski definition) is 0. The van der Waals surface area contributed by atoms with E-state index in [2.05, 4.69) is 100 Å². The average Bonchev–Trinajstić information content (AvgIpc) is 3.53. The molecule has 0 saturated carbocycles. The molecular formula is C33H25Cl3CoN5. The fourth-order valence-electron chi connectivity index (χ4n) is 5.08. The Bertz CT molecular complexity index is 1750. The number of para-hydroxylation sites is 4. The Kier molecular flexibility index (Phi) is 11.3. The Hall–Kier alpha value is -3.65. The molecule has 0 radical (unpaired) electrons. The van der Waals surface area contributed by atoms with E-state index in [1.165, 1.54) is 11.1 Å². The van der Waals surface area contributed by atoms with Gasteiger partial charge in [-0.2, -0.15) is 0 Å². The summed E-state index contributed by atoms with van der Waals surface area (Å²) in [5.41, 5.74) is 8.20. The van der Waals surface area contributed by atoms with Crippen molar-refractivity contribution in [3.8, 4) is 23.0 Å². The van der Waals surface area contributed by atoms with Gasteiger partial charge in [-0.1, -0.05) is 91.0 Å². The fourth-order valence-corrected chi connectivity index (χ4v) is 5.08. The third kappa shape index (κ3) is 6.38. The summed E-state index contributed by atoms with van der Waals surface area (Å²) in [4.78, 5) is 15.2. The van der Waals surface area contributed by atoms with Crippen molar-refractivity contribution in [1.29, 1.82) is 0 Å². The first kappa shape index (κ1) is 32.9. The van der Waals surface area contributed by atoms with E-state index >= 15 is 0 Å². The predicted octanol–water partition coefficient (Wildman–Crippen LogP) is -1.78. The van der Waals surface area contributed by atoms with Crippen LogP contribution in [-0.4, -0.2) is 24.1 Å². The maximum Gasteiger partial charge on any atom is 3.00 e.